The fourth-order valence-corrected chi connectivity index (χ4v) is 2.36. The van der Waals surface area contributed by atoms with Crippen LogP contribution in [-0.2, 0) is 17.8 Å². The van der Waals surface area contributed by atoms with Crippen molar-refractivity contribution in [2.24, 2.45) is 0 Å². The number of benzene rings is 2. The lowest BCUT2D eigenvalue weighted by Gasteiger charge is -2.23. The third-order valence-corrected chi connectivity index (χ3v) is 3.57. The van der Waals surface area contributed by atoms with E-state index in [0.29, 0.717) is 13.0 Å². The standard InChI is InChI=1S/C18H22N2O/c1-19-17(13-15-9-5-3-6-10-15)18(21)20(2)14-16-11-7-4-8-12-16/h3-12,17,19H,13-14H2,1-2H3. The summed E-state index contributed by atoms with van der Waals surface area (Å²) in [4.78, 5) is 14.3. The molecule has 2 aromatic rings. The fraction of sp³-hybridized carbons (Fsp3) is 0.278. The van der Waals surface area contributed by atoms with Crippen molar-refractivity contribution >= 4 is 5.91 Å². The SMILES string of the molecule is CNC(Cc1ccccc1)C(=O)N(C)Cc1ccccc1. The van der Waals surface area contributed by atoms with Crippen molar-refractivity contribution in [3.8, 4) is 0 Å². The quantitative estimate of drug-likeness (QED) is 0.883. The van der Waals surface area contributed by atoms with Crippen molar-refractivity contribution in [2.45, 2.75) is 19.0 Å². The van der Waals surface area contributed by atoms with Crippen LogP contribution < -0.4 is 5.32 Å². The summed E-state index contributed by atoms with van der Waals surface area (Å²) < 4.78 is 0. The van der Waals surface area contributed by atoms with Gasteiger partial charge in [-0.3, -0.25) is 4.79 Å². The topological polar surface area (TPSA) is 32.3 Å². The number of hydrogen-bond donors (Lipinski definition) is 1. The molecule has 21 heavy (non-hydrogen) atoms. The normalized spacial score (nSPS) is 11.9. The van der Waals surface area contributed by atoms with Crippen LogP contribution in [0.15, 0.2) is 60.7 Å². The Labute approximate surface area is 126 Å². The maximum absolute atomic E-state index is 12.5. The van der Waals surface area contributed by atoms with Crippen LogP contribution in [0.2, 0.25) is 0 Å². The van der Waals surface area contributed by atoms with E-state index in [0.717, 1.165) is 5.56 Å². The predicted molar refractivity (Wildman–Crippen MR) is 85.9 cm³/mol. The number of nitrogens with one attached hydrogen (secondary N) is 1. The molecule has 0 saturated heterocycles. The van der Waals surface area contributed by atoms with Gasteiger partial charge in [0.2, 0.25) is 5.91 Å². The summed E-state index contributed by atoms with van der Waals surface area (Å²) in [5, 5.41) is 3.13. The van der Waals surface area contributed by atoms with Crippen LogP contribution in [0.4, 0.5) is 0 Å². The lowest BCUT2D eigenvalue weighted by molar-refractivity contribution is -0.132. The lowest BCUT2D eigenvalue weighted by Crippen LogP contribution is -2.44. The van der Waals surface area contributed by atoms with Crippen LogP contribution in [0, 0.1) is 0 Å². The molecular formula is C18H22N2O. The maximum Gasteiger partial charge on any atom is 0.240 e. The van der Waals surface area contributed by atoms with Gasteiger partial charge in [0, 0.05) is 13.6 Å². The van der Waals surface area contributed by atoms with Crippen LogP contribution in [0.5, 0.6) is 0 Å². The zero-order chi connectivity index (χ0) is 15.1. The molecule has 0 fully saturated rings. The molecule has 0 saturated carbocycles. The lowest BCUT2D eigenvalue weighted by atomic mass is 10.0. The second kappa shape index (κ2) is 7.60. The van der Waals surface area contributed by atoms with Gasteiger partial charge in [-0.05, 0) is 24.6 Å². The number of amides is 1. The Balaban J connectivity index is 1.99. The van der Waals surface area contributed by atoms with Crippen LogP contribution >= 0.6 is 0 Å². The van der Waals surface area contributed by atoms with E-state index in [-0.39, 0.29) is 11.9 Å². The second-order valence-corrected chi connectivity index (χ2v) is 5.21. The molecule has 1 amide bonds. The highest BCUT2D eigenvalue weighted by atomic mass is 16.2. The second-order valence-electron chi connectivity index (χ2n) is 5.21. The van der Waals surface area contributed by atoms with Gasteiger partial charge in [0.15, 0.2) is 0 Å². The third kappa shape index (κ3) is 4.43. The smallest absolute Gasteiger partial charge is 0.240 e. The van der Waals surface area contributed by atoms with Gasteiger partial charge in [0.05, 0.1) is 6.04 Å². The molecule has 0 spiro atoms. The average molecular weight is 282 g/mol. The first-order valence-electron chi connectivity index (χ1n) is 7.21. The largest absolute Gasteiger partial charge is 0.340 e. The zero-order valence-electron chi connectivity index (χ0n) is 12.6. The molecule has 1 unspecified atom stereocenters. The van der Waals surface area contributed by atoms with Crippen molar-refractivity contribution in [2.75, 3.05) is 14.1 Å². The Hall–Kier alpha value is -2.13. The van der Waals surface area contributed by atoms with Crippen LogP contribution in [0.25, 0.3) is 0 Å². The van der Waals surface area contributed by atoms with E-state index in [1.807, 2.05) is 62.6 Å². The Bertz CT molecular complexity index is 554. The van der Waals surface area contributed by atoms with Gasteiger partial charge in [0.1, 0.15) is 0 Å². The van der Waals surface area contributed by atoms with E-state index >= 15 is 0 Å². The maximum atomic E-state index is 12.5. The number of carbonyl (C=O) groups is 1. The molecule has 0 heterocycles. The van der Waals surface area contributed by atoms with E-state index in [1.54, 1.807) is 4.90 Å². The molecule has 2 aromatic carbocycles. The fourth-order valence-electron chi connectivity index (χ4n) is 2.36. The highest BCUT2D eigenvalue weighted by Crippen LogP contribution is 2.08. The Kier molecular flexibility index (Phi) is 5.52. The summed E-state index contributed by atoms with van der Waals surface area (Å²) in [5.41, 5.74) is 2.31. The molecule has 0 aromatic heterocycles. The minimum absolute atomic E-state index is 0.116. The molecule has 0 radical (unpaired) electrons. The highest BCUT2D eigenvalue weighted by molar-refractivity contribution is 5.82. The molecule has 110 valence electrons. The first-order chi connectivity index (χ1) is 10.2. The van der Waals surface area contributed by atoms with Gasteiger partial charge < -0.3 is 10.2 Å². The van der Waals surface area contributed by atoms with Gasteiger partial charge in [-0.25, -0.2) is 0 Å². The first-order valence-corrected chi connectivity index (χ1v) is 7.21. The molecule has 3 heteroatoms. The third-order valence-electron chi connectivity index (χ3n) is 3.57. The molecule has 1 atom stereocenters. The summed E-state index contributed by atoms with van der Waals surface area (Å²) in [6, 6.07) is 19.9. The zero-order valence-corrected chi connectivity index (χ0v) is 12.6. The molecule has 3 nitrogen and oxygen atoms in total. The van der Waals surface area contributed by atoms with Crippen LogP contribution in [0.1, 0.15) is 11.1 Å². The Morgan fingerprint density at radius 1 is 1.00 bits per heavy atom. The molecule has 2 rings (SSSR count). The van der Waals surface area contributed by atoms with Crippen molar-refractivity contribution in [3.63, 3.8) is 0 Å². The van der Waals surface area contributed by atoms with Gasteiger partial charge >= 0.3 is 0 Å². The van der Waals surface area contributed by atoms with Crippen LogP contribution in [0.3, 0.4) is 0 Å². The highest BCUT2D eigenvalue weighted by Gasteiger charge is 2.20. The molecule has 0 aliphatic rings. The number of hydrogen-bond acceptors (Lipinski definition) is 2. The summed E-state index contributed by atoms with van der Waals surface area (Å²) in [6.45, 7) is 0.632. The van der Waals surface area contributed by atoms with Gasteiger partial charge in [-0.1, -0.05) is 60.7 Å². The van der Waals surface area contributed by atoms with E-state index in [4.69, 9.17) is 0 Å². The van der Waals surface area contributed by atoms with E-state index < -0.39 is 0 Å². The van der Waals surface area contributed by atoms with Gasteiger partial charge in [-0.2, -0.15) is 0 Å². The summed E-state index contributed by atoms with van der Waals surface area (Å²) in [5.74, 6) is 0.116. The van der Waals surface area contributed by atoms with Gasteiger partial charge in [0.25, 0.3) is 0 Å². The average Bonchev–Trinajstić information content (AvgIpc) is 2.54. The van der Waals surface area contributed by atoms with Gasteiger partial charge in [-0.15, -0.1) is 0 Å². The minimum atomic E-state index is -0.193. The van der Waals surface area contributed by atoms with E-state index in [9.17, 15) is 4.79 Å². The van der Waals surface area contributed by atoms with Crippen molar-refractivity contribution in [3.05, 3.63) is 71.8 Å². The minimum Gasteiger partial charge on any atom is -0.340 e. The number of carbonyl (C=O) groups excluding carboxylic acids is 1. The Morgan fingerprint density at radius 2 is 1.52 bits per heavy atom. The molecular weight excluding hydrogens is 260 g/mol. The van der Waals surface area contributed by atoms with E-state index in [2.05, 4.69) is 17.4 Å². The number of rotatable bonds is 6. The monoisotopic (exact) mass is 282 g/mol. The molecule has 0 aliphatic carbocycles. The Morgan fingerprint density at radius 3 is 2.05 bits per heavy atom. The predicted octanol–water partition coefficient (Wildman–Crippen LogP) is 2.48. The summed E-state index contributed by atoms with van der Waals surface area (Å²) in [6.07, 6.45) is 0.704. The molecule has 0 bridgehead atoms. The summed E-state index contributed by atoms with van der Waals surface area (Å²) in [7, 11) is 3.69. The molecule has 1 N–H and O–H groups in total. The summed E-state index contributed by atoms with van der Waals surface area (Å²) >= 11 is 0. The van der Waals surface area contributed by atoms with Crippen molar-refractivity contribution in [1.29, 1.82) is 0 Å². The number of nitrogens with zero attached hydrogens (tertiary/aromatic N) is 1. The first kappa shape index (κ1) is 15.3. The number of likely N-dealkylation sites (N-methyl/N-ethyl adjacent to an activating group) is 2. The van der Waals surface area contributed by atoms with Crippen molar-refractivity contribution < 1.29 is 4.79 Å². The molecule has 0 aliphatic heterocycles. The van der Waals surface area contributed by atoms with Crippen LogP contribution in [-0.4, -0.2) is 30.9 Å². The van der Waals surface area contributed by atoms with E-state index in [1.165, 1.54) is 5.56 Å². The van der Waals surface area contributed by atoms with Crippen molar-refractivity contribution in [1.82, 2.24) is 10.2 Å².